The van der Waals surface area contributed by atoms with E-state index in [1.807, 2.05) is 6.92 Å². The van der Waals surface area contributed by atoms with Crippen LogP contribution < -0.4 is 15.0 Å². The molecule has 0 aliphatic carbocycles. The first-order chi connectivity index (χ1) is 13.5. The number of ether oxygens (including phenoxy) is 2. The van der Waals surface area contributed by atoms with E-state index in [-0.39, 0.29) is 24.1 Å². The Morgan fingerprint density at radius 2 is 1.93 bits per heavy atom. The number of amides is 1. The Balaban J connectivity index is 1.69. The van der Waals surface area contributed by atoms with Crippen molar-refractivity contribution in [2.45, 2.75) is 19.4 Å². The third-order valence-electron chi connectivity index (χ3n) is 5.09. The Hall–Kier alpha value is -2.44. The summed E-state index contributed by atoms with van der Waals surface area (Å²) >= 11 is 0. The van der Waals surface area contributed by atoms with Crippen LogP contribution in [0.1, 0.15) is 22.7 Å². The second-order valence-corrected chi connectivity index (χ2v) is 7.24. The number of carbonyl (C=O) groups excluding carboxylic acids is 1. The third kappa shape index (κ3) is 5.53. The highest BCUT2D eigenvalue weighted by Gasteiger charge is 2.23. The highest BCUT2D eigenvalue weighted by Crippen LogP contribution is 2.18. The molecule has 1 heterocycles. The number of quaternary nitrogens is 1. The fraction of sp³-hybridized carbons (Fsp3) is 0.409. The highest BCUT2D eigenvalue weighted by atomic mass is 19.1. The molecular weight excluding hydrogens is 359 g/mol. The van der Waals surface area contributed by atoms with Gasteiger partial charge in [-0.2, -0.15) is 0 Å². The lowest BCUT2D eigenvalue weighted by atomic mass is 10.0. The molecule has 1 fully saturated rings. The average molecular weight is 387 g/mol. The minimum absolute atomic E-state index is 0.0932. The van der Waals surface area contributed by atoms with E-state index in [4.69, 9.17) is 9.47 Å². The molecule has 5 nitrogen and oxygen atoms in total. The van der Waals surface area contributed by atoms with E-state index in [1.165, 1.54) is 23.6 Å². The molecular formula is C22H28FN2O3+. The summed E-state index contributed by atoms with van der Waals surface area (Å²) in [5.74, 6) is -0.402. The summed E-state index contributed by atoms with van der Waals surface area (Å²) in [5.41, 5.74) is 2.89. The Labute approximate surface area is 165 Å². The van der Waals surface area contributed by atoms with Gasteiger partial charge in [0.1, 0.15) is 25.7 Å². The molecule has 1 aliphatic heterocycles. The third-order valence-corrected chi connectivity index (χ3v) is 5.09. The molecule has 150 valence electrons. The summed E-state index contributed by atoms with van der Waals surface area (Å²) in [6.07, 6.45) is 0.127. The molecule has 0 saturated carbocycles. The fourth-order valence-electron chi connectivity index (χ4n) is 3.45. The van der Waals surface area contributed by atoms with E-state index >= 15 is 0 Å². The predicted molar refractivity (Wildman–Crippen MR) is 105 cm³/mol. The monoisotopic (exact) mass is 387 g/mol. The first kappa shape index (κ1) is 20.3. The molecule has 0 unspecified atom stereocenters. The number of hydrogen-bond acceptors (Lipinski definition) is 3. The molecule has 1 aliphatic rings. The summed E-state index contributed by atoms with van der Waals surface area (Å²) in [4.78, 5) is 14.1. The lowest BCUT2D eigenvalue weighted by molar-refractivity contribution is -0.909. The second-order valence-electron chi connectivity index (χ2n) is 7.24. The lowest BCUT2D eigenvalue weighted by Gasteiger charge is -2.28. The van der Waals surface area contributed by atoms with Crippen LogP contribution in [0, 0.1) is 12.7 Å². The first-order valence-electron chi connectivity index (χ1n) is 9.65. The lowest BCUT2D eigenvalue weighted by Crippen LogP contribution is -3.14. The van der Waals surface area contributed by atoms with Crippen molar-refractivity contribution < 1.29 is 23.6 Å². The number of hydrogen-bond donors (Lipinski definition) is 2. The van der Waals surface area contributed by atoms with Gasteiger partial charge in [-0.3, -0.25) is 4.79 Å². The largest absolute Gasteiger partial charge is 0.494 e. The van der Waals surface area contributed by atoms with Crippen molar-refractivity contribution in [2.75, 3.05) is 40.0 Å². The maximum Gasteiger partial charge on any atom is 0.225 e. The molecule has 0 bridgehead atoms. The van der Waals surface area contributed by atoms with Crippen LogP contribution in [0.5, 0.6) is 5.75 Å². The quantitative estimate of drug-likeness (QED) is 0.756. The molecule has 28 heavy (non-hydrogen) atoms. The number of methoxy groups -OCH3 is 1. The van der Waals surface area contributed by atoms with Crippen molar-refractivity contribution in [3.63, 3.8) is 0 Å². The van der Waals surface area contributed by atoms with Crippen LogP contribution in [0.3, 0.4) is 0 Å². The van der Waals surface area contributed by atoms with Gasteiger partial charge in [-0.1, -0.05) is 35.9 Å². The van der Waals surface area contributed by atoms with E-state index in [0.717, 1.165) is 38.4 Å². The topological polar surface area (TPSA) is 52.0 Å². The van der Waals surface area contributed by atoms with Crippen molar-refractivity contribution in [1.82, 2.24) is 5.32 Å². The molecule has 1 atom stereocenters. The SMILES string of the molecule is COc1ccc(CC(=O)N[C@@H](C[NH+]2CCOCC2)c2ccc(C)cc2)cc1F. The summed E-state index contributed by atoms with van der Waals surface area (Å²) in [6, 6.07) is 12.8. The van der Waals surface area contributed by atoms with Crippen LogP contribution in [-0.4, -0.2) is 45.9 Å². The van der Waals surface area contributed by atoms with E-state index in [9.17, 15) is 9.18 Å². The zero-order valence-corrected chi connectivity index (χ0v) is 16.5. The number of carbonyl (C=O) groups is 1. The zero-order valence-electron chi connectivity index (χ0n) is 16.5. The van der Waals surface area contributed by atoms with Gasteiger partial charge >= 0.3 is 0 Å². The Kier molecular flexibility index (Phi) is 7.01. The summed E-state index contributed by atoms with van der Waals surface area (Å²) < 4.78 is 24.3. The normalized spacial score (nSPS) is 15.8. The van der Waals surface area contributed by atoms with Gasteiger partial charge in [-0.15, -0.1) is 0 Å². The molecule has 2 N–H and O–H groups in total. The number of nitrogens with one attached hydrogen (secondary N) is 2. The molecule has 0 spiro atoms. The maximum absolute atomic E-state index is 13.9. The van der Waals surface area contributed by atoms with Crippen molar-refractivity contribution in [3.8, 4) is 5.75 Å². The van der Waals surface area contributed by atoms with Crippen LogP contribution in [0.4, 0.5) is 4.39 Å². The van der Waals surface area contributed by atoms with Gasteiger partial charge in [-0.25, -0.2) is 4.39 Å². The van der Waals surface area contributed by atoms with E-state index in [0.29, 0.717) is 5.56 Å². The Bertz CT molecular complexity index is 789. The van der Waals surface area contributed by atoms with Gasteiger partial charge in [0, 0.05) is 0 Å². The molecule has 6 heteroatoms. The summed E-state index contributed by atoms with van der Waals surface area (Å²) in [6.45, 7) is 6.20. The number of aryl methyl sites for hydroxylation is 1. The van der Waals surface area contributed by atoms with E-state index < -0.39 is 5.82 Å². The minimum atomic E-state index is -0.458. The van der Waals surface area contributed by atoms with Crippen LogP contribution in [0.15, 0.2) is 42.5 Å². The standard InChI is InChI=1S/C22H27FN2O3/c1-16-3-6-18(7-4-16)20(15-25-9-11-28-12-10-25)24-22(26)14-17-5-8-21(27-2)19(23)13-17/h3-8,13,20H,9-12,14-15H2,1-2H3,(H,24,26)/p+1/t20-/m0/s1. The molecule has 2 aromatic rings. The number of halogens is 1. The van der Waals surface area contributed by atoms with Crippen LogP contribution >= 0.6 is 0 Å². The average Bonchev–Trinajstić information content (AvgIpc) is 2.69. The van der Waals surface area contributed by atoms with Crippen molar-refractivity contribution in [3.05, 3.63) is 65.0 Å². The van der Waals surface area contributed by atoms with Crippen molar-refractivity contribution in [1.29, 1.82) is 0 Å². The van der Waals surface area contributed by atoms with Crippen molar-refractivity contribution >= 4 is 5.91 Å². The molecule has 0 radical (unpaired) electrons. The highest BCUT2D eigenvalue weighted by molar-refractivity contribution is 5.79. The van der Waals surface area contributed by atoms with Crippen molar-refractivity contribution in [2.24, 2.45) is 0 Å². The smallest absolute Gasteiger partial charge is 0.225 e. The van der Waals surface area contributed by atoms with Crippen LogP contribution in [0.25, 0.3) is 0 Å². The molecule has 1 amide bonds. The maximum atomic E-state index is 13.9. The van der Waals surface area contributed by atoms with Crippen LogP contribution in [0.2, 0.25) is 0 Å². The van der Waals surface area contributed by atoms with Gasteiger partial charge < -0.3 is 19.7 Å². The van der Waals surface area contributed by atoms with Gasteiger partial charge in [-0.05, 0) is 30.2 Å². The number of benzene rings is 2. The van der Waals surface area contributed by atoms with Gasteiger partial charge in [0.05, 0.1) is 26.7 Å². The number of morpholine rings is 1. The van der Waals surface area contributed by atoms with Gasteiger partial charge in [0.2, 0.25) is 5.91 Å². The predicted octanol–water partition coefficient (Wildman–Crippen LogP) is 1.46. The fourth-order valence-corrected chi connectivity index (χ4v) is 3.45. The van der Waals surface area contributed by atoms with Crippen LogP contribution in [-0.2, 0) is 16.0 Å². The molecule has 2 aromatic carbocycles. The van der Waals surface area contributed by atoms with Gasteiger partial charge in [0.25, 0.3) is 0 Å². The zero-order chi connectivity index (χ0) is 19.9. The minimum Gasteiger partial charge on any atom is -0.494 e. The molecule has 1 saturated heterocycles. The molecule has 0 aromatic heterocycles. The molecule has 3 rings (SSSR count). The summed E-state index contributed by atoms with van der Waals surface area (Å²) in [7, 11) is 1.42. The van der Waals surface area contributed by atoms with E-state index in [2.05, 4.69) is 29.6 Å². The Morgan fingerprint density at radius 1 is 1.21 bits per heavy atom. The Morgan fingerprint density at radius 3 is 2.57 bits per heavy atom. The summed E-state index contributed by atoms with van der Waals surface area (Å²) in [5, 5.41) is 3.14. The second kappa shape index (κ2) is 9.66. The van der Waals surface area contributed by atoms with E-state index in [1.54, 1.807) is 12.1 Å². The number of rotatable bonds is 7. The first-order valence-corrected chi connectivity index (χ1v) is 9.65. The van der Waals surface area contributed by atoms with Gasteiger partial charge in [0.15, 0.2) is 11.6 Å².